The van der Waals surface area contributed by atoms with Crippen LogP contribution >= 0.6 is 0 Å². The normalized spacial score (nSPS) is 11.3. The number of nitrogens with zero attached hydrogens (tertiary/aromatic N) is 3. The molecule has 0 aliphatic heterocycles. The van der Waals surface area contributed by atoms with Crippen molar-refractivity contribution in [3.8, 4) is 39.7 Å². The van der Waals surface area contributed by atoms with Gasteiger partial charge in [0.15, 0.2) is 0 Å². The first kappa shape index (κ1) is 20.7. The van der Waals surface area contributed by atoms with Gasteiger partial charge in [-0.25, -0.2) is 5.26 Å². The Morgan fingerprint density at radius 1 is 0.735 bits per heavy atom. The standard InChI is InChI=1S/C17H12N.C13H9N2.Ir/c1-3-7-14(8-4-1)16-11-12-17(18-13-16)15-9-5-2-6-10-15;1-10-6-7-13(15-9-10)12-5-3-2-4-11(12)8-14;/h1-9,11-13H;2-4,6-7,9H,1H3;/q2*-1;/i;1D3;. The molecule has 0 bridgehead atoms. The average molecular weight is 619 g/mol. The maximum Gasteiger partial charge on any atom is 0.0475 e. The van der Waals surface area contributed by atoms with Crippen LogP contribution in [0.25, 0.3) is 33.6 Å². The summed E-state index contributed by atoms with van der Waals surface area (Å²) in [5.74, 6) is 0. The SMILES string of the molecule is [2H]C([2H])([2H])c1ccc(-c2[c-]cccc2C#N)nc1.[Ir].[c-]1ccccc1-c1ccc(-c2ccccc2)cn1. The molecule has 3 aromatic carbocycles. The number of hydrogen-bond donors (Lipinski definition) is 0. The van der Waals surface area contributed by atoms with Crippen molar-refractivity contribution in [3.63, 3.8) is 0 Å². The summed E-state index contributed by atoms with van der Waals surface area (Å²) < 4.78 is 21.8. The first-order valence-electron chi connectivity index (χ1n) is 11.8. The molecule has 0 aliphatic carbocycles. The molecule has 4 heteroatoms. The second-order valence-electron chi connectivity index (χ2n) is 7.08. The number of benzene rings is 3. The van der Waals surface area contributed by atoms with E-state index in [9.17, 15) is 0 Å². The first-order chi connectivity index (χ1) is 17.5. The smallest absolute Gasteiger partial charge is 0.0475 e. The number of pyridine rings is 2. The summed E-state index contributed by atoms with van der Waals surface area (Å²) >= 11 is 0. The monoisotopic (exact) mass is 619 g/mol. The molecule has 0 unspecified atom stereocenters. The van der Waals surface area contributed by atoms with E-state index in [0.717, 1.165) is 16.8 Å². The van der Waals surface area contributed by atoms with Gasteiger partial charge >= 0.3 is 0 Å². The molecular formula is C30H21IrN3-2. The van der Waals surface area contributed by atoms with Crippen LogP contribution < -0.4 is 0 Å². The van der Waals surface area contributed by atoms with Crippen molar-refractivity contribution in [2.75, 3.05) is 0 Å². The van der Waals surface area contributed by atoms with Gasteiger partial charge in [0.05, 0.1) is 0 Å². The van der Waals surface area contributed by atoms with Gasteiger partial charge in [-0.3, -0.25) is 0 Å². The Balaban J connectivity index is 0.000000200. The summed E-state index contributed by atoms with van der Waals surface area (Å²) in [6.45, 7) is -2.16. The maximum atomic E-state index is 8.98. The minimum absolute atomic E-state index is 0. The van der Waals surface area contributed by atoms with E-state index in [1.807, 2.05) is 54.7 Å². The quantitative estimate of drug-likeness (QED) is 0.206. The van der Waals surface area contributed by atoms with Gasteiger partial charge in [-0.1, -0.05) is 54.6 Å². The van der Waals surface area contributed by atoms with Gasteiger partial charge in [0.1, 0.15) is 0 Å². The summed E-state index contributed by atoms with van der Waals surface area (Å²) in [6.07, 6.45) is 3.22. The summed E-state index contributed by atoms with van der Waals surface area (Å²) in [5.41, 5.74) is 6.07. The van der Waals surface area contributed by atoms with E-state index in [-0.39, 0.29) is 25.7 Å². The third-order valence-corrected chi connectivity index (χ3v) is 4.85. The van der Waals surface area contributed by atoms with Gasteiger partial charge in [0.2, 0.25) is 0 Å². The van der Waals surface area contributed by atoms with Crippen LogP contribution in [-0.2, 0) is 20.1 Å². The molecule has 0 atom stereocenters. The van der Waals surface area contributed by atoms with Crippen molar-refractivity contribution < 1.29 is 24.2 Å². The molecule has 2 aromatic heterocycles. The van der Waals surface area contributed by atoms with E-state index < -0.39 is 6.85 Å². The van der Waals surface area contributed by atoms with Gasteiger partial charge in [0.25, 0.3) is 0 Å². The van der Waals surface area contributed by atoms with E-state index >= 15 is 0 Å². The van der Waals surface area contributed by atoms with E-state index in [0.29, 0.717) is 16.8 Å². The molecule has 3 nitrogen and oxygen atoms in total. The Bertz CT molecular complexity index is 1390. The van der Waals surface area contributed by atoms with Gasteiger partial charge in [-0.15, -0.1) is 65.7 Å². The zero-order valence-corrected chi connectivity index (χ0v) is 20.5. The minimum atomic E-state index is -2.16. The van der Waals surface area contributed by atoms with E-state index in [1.54, 1.807) is 24.3 Å². The predicted molar refractivity (Wildman–Crippen MR) is 132 cm³/mol. The van der Waals surface area contributed by atoms with Crippen molar-refractivity contribution in [1.29, 1.82) is 5.26 Å². The second-order valence-corrected chi connectivity index (χ2v) is 7.08. The maximum absolute atomic E-state index is 8.98. The minimum Gasteiger partial charge on any atom is -0.304 e. The Morgan fingerprint density at radius 3 is 2.15 bits per heavy atom. The van der Waals surface area contributed by atoms with Crippen molar-refractivity contribution in [2.45, 2.75) is 6.85 Å². The molecule has 0 saturated heterocycles. The van der Waals surface area contributed by atoms with E-state index in [2.05, 4.69) is 46.4 Å². The molecule has 5 aromatic rings. The Hall–Kier alpha value is -3.90. The zero-order valence-electron chi connectivity index (χ0n) is 21.1. The number of aryl methyl sites for hydroxylation is 1. The Morgan fingerprint density at radius 2 is 1.50 bits per heavy atom. The number of hydrogen-bond acceptors (Lipinski definition) is 3. The molecule has 1 radical (unpaired) electrons. The predicted octanol–water partition coefficient (Wildman–Crippen LogP) is 6.94. The van der Waals surface area contributed by atoms with Crippen molar-refractivity contribution in [2.24, 2.45) is 0 Å². The fraction of sp³-hybridized carbons (Fsp3) is 0.0333. The zero-order chi connectivity index (χ0) is 25.4. The molecule has 0 spiro atoms. The Labute approximate surface area is 218 Å². The van der Waals surface area contributed by atoms with E-state index in [4.69, 9.17) is 9.37 Å². The van der Waals surface area contributed by atoms with Crippen LogP contribution in [0.3, 0.4) is 0 Å². The summed E-state index contributed by atoms with van der Waals surface area (Å²) in [6, 6.07) is 38.6. The number of nitriles is 1. The molecule has 0 N–H and O–H groups in total. The van der Waals surface area contributed by atoms with Crippen LogP contribution in [0.5, 0.6) is 0 Å². The summed E-state index contributed by atoms with van der Waals surface area (Å²) in [7, 11) is 0. The van der Waals surface area contributed by atoms with Crippen LogP contribution in [0.15, 0.2) is 109 Å². The van der Waals surface area contributed by atoms with Gasteiger partial charge in [-0.2, -0.15) is 0 Å². The van der Waals surface area contributed by atoms with Crippen LogP contribution in [0.2, 0.25) is 0 Å². The Kier molecular flexibility index (Phi) is 7.53. The fourth-order valence-electron chi connectivity index (χ4n) is 3.19. The van der Waals surface area contributed by atoms with Crippen LogP contribution in [-0.4, -0.2) is 9.97 Å². The summed E-state index contributed by atoms with van der Waals surface area (Å²) in [4.78, 5) is 8.58. The molecule has 0 aliphatic rings. The number of rotatable bonds is 3. The molecule has 0 saturated carbocycles. The van der Waals surface area contributed by atoms with E-state index in [1.165, 1.54) is 17.8 Å². The van der Waals surface area contributed by atoms with Crippen molar-refractivity contribution in [1.82, 2.24) is 9.97 Å². The van der Waals surface area contributed by atoms with Gasteiger partial charge in [0, 0.05) is 42.7 Å². The third kappa shape index (κ3) is 6.33. The van der Waals surface area contributed by atoms with Crippen LogP contribution in [0.1, 0.15) is 15.2 Å². The summed E-state index contributed by atoms with van der Waals surface area (Å²) in [5, 5.41) is 8.98. The average Bonchev–Trinajstić information content (AvgIpc) is 2.94. The topological polar surface area (TPSA) is 49.6 Å². The van der Waals surface area contributed by atoms with Crippen LogP contribution in [0.4, 0.5) is 0 Å². The molecule has 5 rings (SSSR count). The molecule has 34 heavy (non-hydrogen) atoms. The first-order valence-corrected chi connectivity index (χ1v) is 10.3. The molecule has 0 fully saturated rings. The second kappa shape index (κ2) is 12.4. The molecule has 167 valence electrons. The van der Waals surface area contributed by atoms with Crippen LogP contribution in [0, 0.1) is 30.3 Å². The third-order valence-electron chi connectivity index (χ3n) is 4.85. The molecular weight excluding hydrogens is 595 g/mol. The van der Waals surface area contributed by atoms with Crippen molar-refractivity contribution in [3.05, 3.63) is 133 Å². The fourth-order valence-corrected chi connectivity index (χ4v) is 3.19. The molecule has 2 heterocycles. The molecule has 0 amide bonds. The largest absolute Gasteiger partial charge is 0.304 e. The van der Waals surface area contributed by atoms with Crippen molar-refractivity contribution >= 4 is 0 Å². The van der Waals surface area contributed by atoms with Gasteiger partial charge in [-0.05, 0) is 40.5 Å². The van der Waals surface area contributed by atoms with Gasteiger partial charge < -0.3 is 9.97 Å². The number of aromatic nitrogens is 2.